The molecule has 1 fully saturated rings. The van der Waals surface area contributed by atoms with Crippen molar-refractivity contribution in [1.29, 1.82) is 0 Å². The van der Waals surface area contributed by atoms with E-state index in [4.69, 9.17) is 14.2 Å². The van der Waals surface area contributed by atoms with Crippen LogP contribution in [0.4, 0.5) is 0 Å². The second-order valence-electron chi connectivity index (χ2n) is 5.08. The van der Waals surface area contributed by atoms with Crippen LogP contribution in [0.2, 0.25) is 0 Å². The zero-order valence-corrected chi connectivity index (χ0v) is 12.7. The Morgan fingerprint density at radius 1 is 1.15 bits per heavy atom. The van der Waals surface area contributed by atoms with Gasteiger partial charge in [-0.1, -0.05) is 6.07 Å². The van der Waals surface area contributed by atoms with Crippen LogP contribution in [-0.2, 0) is 6.54 Å². The Bertz CT molecular complexity index is 451. The Labute approximate surface area is 120 Å². The second kappa shape index (κ2) is 6.81. The Morgan fingerprint density at radius 2 is 1.90 bits per heavy atom. The number of ether oxygens (including phenoxy) is 3. The number of hydrogen-bond acceptors (Lipinski definition) is 5. The first kappa shape index (κ1) is 14.9. The Kier molecular flexibility index (Phi) is 5.09. The van der Waals surface area contributed by atoms with E-state index >= 15 is 0 Å². The zero-order chi connectivity index (χ0) is 14.5. The van der Waals surface area contributed by atoms with Gasteiger partial charge in [-0.2, -0.15) is 0 Å². The smallest absolute Gasteiger partial charge is 0.203 e. The first-order valence-corrected chi connectivity index (χ1v) is 6.93. The highest BCUT2D eigenvalue weighted by atomic mass is 16.5. The molecule has 1 heterocycles. The molecule has 0 spiro atoms. The van der Waals surface area contributed by atoms with Crippen LogP contribution in [0.3, 0.4) is 0 Å². The molecule has 5 heteroatoms. The largest absolute Gasteiger partial charge is 0.493 e. The lowest BCUT2D eigenvalue weighted by atomic mass is 10.1. The van der Waals surface area contributed by atoms with Gasteiger partial charge in [-0.3, -0.25) is 4.90 Å². The van der Waals surface area contributed by atoms with Gasteiger partial charge in [-0.05, 0) is 13.0 Å². The Balaban J connectivity index is 2.22. The maximum atomic E-state index is 5.53. The first-order valence-electron chi connectivity index (χ1n) is 6.93. The van der Waals surface area contributed by atoms with Crippen LogP contribution in [0.25, 0.3) is 0 Å². The number of piperazine rings is 1. The van der Waals surface area contributed by atoms with Crippen molar-refractivity contribution in [3.05, 3.63) is 17.7 Å². The number of nitrogens with zero attached hydrogens (tertiary/aromatic N) is 1. The SMILES string of the molecule is COc1ccc(CN2CCNC(C)C2)c(OC)c1OC. The molecule has 1 saturated heterocycles. The summed E-state index contributed by atoms with van der Waals surface area (Å²) >= 11 is 0. The number of benzene rings is 1. The molecule has 0 saturated carbocycles. The molecule has 0 bridgehead atoms. The molecule has 1 N–H and O–H groups in total. The average Bonchev–Trinajstić information content (AvgIpc) is 2.46. The fraction of sp³-hybridized carbons (Fsp3) is 0.600. The minimum atomic E-state index is 0.523. The average molecular weight is 280 g/mol. The molecule has 1 atom stereocenters. The van der Waals surface area contributed by atoms with Crippen LogP contribution in [0.15, 0.2) is 12.1 Å². The van der Waals surface area contributed by atoms with Crippen LogP contribution in [0, 0.1) is 0 Å². The van der Waals surface area contributed by atoms with E-state index in [1.54, 1.807) is 21.3 Å². The molecule has 1 aliphatic rings. The van der Waals surface area contributed by atoms with E-state index in [9.17, 15) is 0 Å². The predicted octanol–water partition coefficient (Wildman–Crippen LogP) is 1.51. The van der Waals surface area contributed by atoms with Crippen molar-refractivity contribution < 1.29 is 14.2 Å². The van der Waals surface area contributed by atoms with Crippen molar-refractivity contribution in [1.82, 2.24) is 10.2 Å². The summed E-state index contributed by atoms with van der Waals surface area (Å²) in [5.74, 6) is 2.12. The fourth-order valence-corrected chi connectivity index (χ4v) is 2.68. The van der Waals surface area contributed by atoms with Gasteiger partial charge in [0.15, 0.2) is 11.5 Å². The van der Waals surface area contributed by atoms with Crippen molar-refractivity contribution in [3.63, 3.8) is 0 Å². The summed E-state index contributed by atoms with van der Waals surface area (Å²) in [5.41, 5.74) is 1.12. The van der Waals surface area contributed by atoms with Crippen molar-refractivity contribution in [2.75, 3.05) is 41.0 Å². The summed E-state index contributed by atoms with van der Waals surface area (Å²) in [6.07, 6.45) is 0. The van der Waals surface area contributed by atoms with Gasteiger partial charge in [0.2, 0.25) is 5.75 Å². The van der Waals surface area contributed by atoms with Crippen molar-refractivity contribution >= 4 is 0 Å². The summed E-state index contributed by atoms with van der Waals surface area (Å²) in [4.78, 5) is 2.42. The molecular formula is C15H24N2O3. The van der Waals surface area contributed by atoms with Gasteiger partial charge in [0.1, 0.15) is 0 Å². The summed E-state index contributed by atoms with van der Waals surface area (Å²) in [7, 11) is 4.94. The fourth-order valence-electron chi connectivity index (χ4n) is 2.68. The number of nitrogens with one attached hydrogen (secondary N) is 1. The van der Waals surface area contributed by atoms with Crippen LogP contribution in [-0.4, -0.2) is 51.9 Å². The third-order valence-corrected chi connectivity index (χ3v) is 3.63. The van der Waals surface area contributed by atoms with E-state index in [1.165, 1.54) is 0 Å². The molecule has 0 radical (unpaired) electrons. The van der Waals surface area contributed by atoms with Gasteiger partial charge in [-0.15, -0.1) is 0 Å². The minimum Gasteiger partial charge on any atom is -0.493 e. The molecule has 1 aromatic carbocycles. The molecule has 1 unspecified atom stereocenters. The molecule has 1 aliphatic heterocycles. The van der Waals surface area contributed by atoms with Crippen LogP contribution in [0.1, 0.15) is 12.5 Å². The van der Waals surface area contributed by atoms with Crippen molar-refractivity contribution in [2.45, 2.75) is 19.5 Å². The normalized spacial score (nSPS) is 19.7. The van der Waals surface area contributed by atoms with E-state index < -0.39 is 0 Å². The van der Waals surface area contributed by atoms with Crippen LogP contribution < -0.4 is 19.5 Å². The van der Waals surface area contributed by atoms with E-state index in [0.717, 1.165) is 37.5 Å². The zero-order valence-electron chi connectivity index (χ0n) is 12.7. The third kappa shape index (κ3) is 3.16. The number of hydrogen-bond donors (Lipinski definition) is 1. The molecule has 0 aromatic heterocycles. The van der Waals surface area contributed by atoms with Crippen molar-refractivity contribution in [3.8, 4) is 17.2 Å². The summed E-state index contributed by atoms with van der Waals surface area (Å²) in [6, 6.07) is 4.50. The highest BCUT2D eigenvalue weighted by molar-refractivity contribution is 5.55. The lowest BCUT2D eigenvalue weighted by molar-refractivity contribution is 0.196. The third-order valence-electron chi connectivity index (χ3n) is 3.63. The van der Waals surface area contributed by atoms with E-state index in [-0.39, 0.29) is 0 Å². The summed E-state index contributed by atoms with van der Waals surface area (Å²) < 4.78 is 16.3. The van der Waals surface area contributed by atoms with Crippen LogP contribution in [0.5, 0.6) is 17.2 Å². The maximum absolute atomic E-state index is 5.53. The quantitative estimate of drug-likeness (QED) is 0.885. The molecule has 0 amide bonds. The topological polar surface area (TPSA) is 43.0 Å². The lowest BCUT2D eigenvalue weighted by Gasteiger charge is -2.32. The first-order chi connectivity index (χ1) is 9.69. The number of methoxy groups -OCH3 is 3. The van der Waals surface area contributed by atoms with Gasteiger partial charge < -0.3 is 19.5 Å². The molecule has 20 heavy (non-hydrogen) atoms. The van der Waals surface area contributed by atoms with E-state index in [1.807, 2.05) is 12.1 Å². The molecule has 1 aromatic rings. The summed E-state index contributed by atoms with van der Waals surface area (Å²) in [5, 5.41) is 3.45. The highest BCUT2D eigenvalue weighted by Gasteiger charge is 2.20. The molecule has 2 rings (SSSR count). The Morgan fingerprint density at radius 3 is 2.50 bits per heavy atom. The van der Waals surface area contributed by atoms with Gasteiger partial charge in [0, 0.05) is 37.8 Å². The maximum Gasteiger partial charge on any atom is 0.203 e. The minimum absolute atomic E-state index is 0.523. The Hall–Kier alpha value is -1.46. The molecular weight excluding hydrogens is 256 g/mol. The summed E-state index contributed by atoms with van der Waals surface area (Å²) in [6.45, 7) is 6.17. The van der Waals surface area contributed by atoms with Gasteiger partial charge in [0.05, 0.1) is 21.3 Å². The number of rotatable bonds is 5. The molecule has 112 valence electrons. The van der Waals surface area contributed by atoms with Gasteiger partial charge >= 0.3 is 0 Å². The van der Waals surface area contributed by atoms with Crippen LogP contribution >= 0.6 is 0 Å². The standard InChI is InChI=1S/C15H24N2O3/c1-11-9-17(8-7-16-11)10-12-5-6-13(18-2)15(20-4)14(12)19-3/h5-6,11,16H,7-10H2,1-4H3. The van der Waals surface area contributed by atoms with Gasteiger partial charge in [0.25, 0.3) is 0 Å². The lowest BCUT2D eigenvalue weighted by Crippen LogP contribution is -2.48. The van der Waals surface area contributed by atoms with E-state index in [2.05, 4.69) is 17.1 Å². The second-order valence-corrected chi connectivity index (χ2v) is 5.08. The predicted molar refractivity (Wildman–Crippen MR) is 78.8 cm³/mol. The molecule has 0 aliphatic carbocycles. The van der Waals surface area contributed by atoms with Gasteiger partial charge in [-0.25, -0.2) is 0 Å². The van der Waals surface area contributed by atoms with E-state index in [0.29, 0.717) is 17.5 Å². The monoisotopic (exact) mass is 280 g/mol. The van der Waals surface area contributed by atoms with Crippen molar-refractivity contribution in [2.24, 2.45) is 0 Å². The highest BCUT2D eigenvalue weighted by Crippen LogP contribution is 2.40. The molecule has 5 nitrogen and oxygen atoms in total.